The second-order valence-corrected chi connectivity index (χ2v) is 4.58. The van der Waals surface area contributed by atoms with Crippen LogP contribution in [0.4, 0.5) is 0 Å². The zero-order valence-electron chi connectivity index (χ0n) is 7.15. The van der Waals surface area contributed by atoms with Gasteiger partial charge in [0.25, 0.3) is 0 Å². The molecule has 0 unspecified atom stereocenters. The van der Waals surface area contributed by atoms with E-state index in [4.69, 9.17) is 19.3 Å². The number of ether oxygens (including phenoxy) is 2. The molecule has 11 heavy (non-hydrogen) atoms. The molecular formula is C6H16O4P+. The third-order valence-corrected chi connectivity index (χ3v) is 2.11. The quantitative estimate of drug-likeness (QED) is 0.489. The van der Waals surface area contributed by atoms with Crippen LogP contribution in [0.15, 0.2) is 0 Å². The topological polar surface area (TPSA) is 58.9 Å². The lowest BCUT2D eigenvalue weighted by Crippen LogP contribution is -2.20. The molecule has 68 valence electrons. The fourth-order valence-electron chi connectivity index (χ4n) is 0.616. The molecular weight excluding hydrogens is 167 g/mol. The van der Waals surface area contributed by atoms with E-state index in [1.807, 2.05) is 0 Å². The third-order valence-electron chi connectivity index (χ3n) is 1.02. The van der Waals surface area contributed by atoms with Gasteiger partial charge in [0.2, 0.25) is 0 Å². The first-order chi connectivity index (χ1) is 5.02. The largest absolute Gasteiger partial charge is 0.329 e. The highest BCUT2D eigenvalue weighted by Crippen LogP contribution is 2.51. The molecule has 0 spiro atoms. The predicted molar refractivity (Wildman–Crippen MR) is 44.3 cm³/mol. The van der Waals surface area contributed by atoms with Crippen LogP contribution in [0, 0.1) is 0 Å². The predicted octanol–water partition coefficient (Wildman–Crippen LogP) is 0.805. The summed E-state index contributed by atoms with van der Waals surface area (Å²) in [6.07, 6.45) is 0. The summed E-state index contributed by atoms with van der Waals surface area (Å²) in [5, 5.41) is 0. The fraction of sp³-hybridized carbons (Fsp3) is 1.00. The summed E-state index contributed by atoms with van der Waals surface area (Å²) in [7, 11) is -3.00. The van der Waals surface area contributed by atoms with Crippen molar-refractivity contribution >= 4 is 7.72 Å². The highest BCUT2D eigenvalue weighted by atomic mass is 31.2. The van der Waals surface area contributed by atoms with Crippen molar-refractivity contribution in [1.29, 1.82) is 0 Å². The second kappa shape index (κ2) is 5.01. The molecule has 0 fully saturated rings. The fourth-order valence-corrected chi connectivity index (χ4v) is 1.48. The number of hydrogen-bond acceptors (Lipinski definition) is 4. The Balaban J connectivity index is 3.88. The van der Waals surface area contributed by atoms with Crippen LogP contribution in [0.5, 0.6) is 0 Å². The van der Waals surface area contributed by atoms with Gasteiger partial charge in [-0.25, -0.2) is 9.79 Å². The molecule has 0 aromatic rings. The Kier molecular flexibility index (Phi) is 5.13. The molecule has 0 aliphatic rings. The summed E-state index contributed by atoms with van der Waals surface area (Å²) in [5.74, 6) is 0. The molecule has 0 aromatic heterocycles. The maximum Gasteiger partial charge on any atom is 0.329 e. The van der Waals surface area contributed by atoms with E-state index in [1.54, 1.807) is 13.8 Å². The molecule has 0 aliphatic heterocycles. The molecule has 5 heteroatoms. The molecule has 0 saturated carbocycles. The van der Waals surface area contributed by atoms with Crippen molar-refractivity contribution in [2.24, 2.45) is 0 Å². The molecule has 0 saturated heterocycles. The van der Waals surface area contributed by atoms with Gasteiger partial charge in [-0.05, 0) is 13.8 Å². The van der Waals surface area contributed by atoms with Gasteiger partial charge in [-0.2, -0.15) is 0 Å². The Bertz CT molecular complexity index is 95.2. The van der Waals surface area contributed by atoms with E-state index in [-0.39, 0.29) is 0 Å². The van der Waals surface area contributed by atoms with Crippen LogP contribution in [-0.4, -0.2) is 35.7 Å². The minimum Gasteiger partial charge on any atom is -0.317 e. The van der Waals surface area contributed by atoms with Crippen LogP contribution in [0.3, 0.4) is 0 Å². The minimum atomic E-state index is -3.00. The van der Waals surface area contributed by atoms with E-state index < -0.39 is 13.7 Å². The summed E-state index contributed by atoms with van der Waals surface area (Å²) in [6, 6.07) is -0.850. The van der Waals surface area contributed by atoms with E-state index in [1.165, 1.54) is 6.66 Å². The Hall–Kier alpha value is 0.270. The van der Waals surface area contributed by atoms with Crippen molar-refractivity contribution in [1.82, 2.24) is 0 Å². The standard InChI is InChI=1S/C6H16O4P/c1-4-9-6(10-5-2)11(3,7)8/h6-8H,4-5H2,1-3H3/q+1. The molecule has 4 nitrogen and oxygen atoms in total. The van der Waals surface area contributed by atoms with Gasteiger partial charge in [-0.15, -0.1) is 0 Å². The van der Waals surface area contributed by atoms with Gasteiger partial charge in [0.1, 0.15) is 6.66 Å². The van der Waals surface area contributed by atoms with Crippen LogP contribution in [0.1, 0.15) is 13.8 Å². The Morgan fingerprint density at radius 3 is 1.73 bits per heavy atom. The lowest BCUT2D eigenvalue weighted by molar-refractivity contribution is -0.0905. The van der Waals surface area contributed by atoms with E-state index in [2.05, 4.69) is 0 Å². The molecule has 0 radical (unpaired) electrons. The Morgan fingerprint density at radius 1 is 1.18 bits per heavy atom. The van der Waals surface area contributed by atoms with E-state index >= 15 is 0 Å². The highest BCUT2D eigenvalue weighted by molar-refractivity contribution is 7.64. The smallest absolute Gasteiger partial charge is 0.317 e. The SMILES string of the molecule is CCOC(OCC)[P+](C)(O)O. The normalized spacial score (nSPS) is 12.5. The van der Waals surface area contributed by atoms with Crippen molar-refractivity contribution < 1.29 is 19.3 Å². The zero-order chi connectivity index (χ0) is 8.91. The molecule has 0 heterocycles. The maximum absolute atomic E-state index is 9.16. The van der Waals surface area contributed by atoms with Crippen molar-refractivity contribution in [3.63, 3.8) is 0 Å². The monoisotopic (exact) mass is 183 g/mol. The number of hydrogen-bond donors (Lipinski definition) is 2. The molecule has 0 bridgehead atoms. The van der Waals surface area contributed by atoms with Crippen LogP contribution >= 0.6 is 7.72 Å². The summed E-state index contributed by atoms with van der Waals surface area (Å²) in [6.45, 7) is 5.73. The number of rotatable bonds is 5. The minimum absolute atomic E-state index is 0.418. The Morgan fingerprint density at radius 2 is 1.55 bits per heavy atom. The van der Waals surface area contributed by atoms with Gasteiger partial charge in [-0.1, -0.05) is 0 Å². The molecule has 0 aromatic carbocycles. The first kappa shape index (κ1) is 11.3. The van der Waals surface area contributed by atoms with Gasteiger partial charge >= 0.3 is 13.7 Å². The molecule has 2 N–H and O–H groups in total. The highest BCUT2D eigenvalue weighted by Gasteiger charge is 2.40. The second-order valence-electron chi connectivity index (χ2n) is 2.20. The van der Waals surface area contributed by atoms with Crippen LogP contribution in [-0.2, 0) is 9.47 Å². The third kappa shape index (κ3) is 4.67. The first-order valence-electron chi connectivity index (χ1n) is 3.57. The van der Waals surface area contributed by atoms with Gasteiger partial charge in [0.05, 0.1) is 13.2 Å². The van der Waals surface area contributed by atoms with Crippen molar-refractivity contribution in [3.05, 3.63) is 0 Å². The lowest BCUT2D eigenvalue weighted by Gasteiger charge is -2.18. The molecule has 0 aliphatic carbocycles. The Labute approximate surface area is 67.6 Å². The molecule has 0 rings (SSSR count). The van der Waals surface area contributed by atoms with Crippen molar-refractivity contribution in [2.75, 3.05) is 19.9 Å². The van der Waals surface area contributed by atoms with Gasteiger partial charge in [0.15, 0.2) is 0 Å². The summed E-state index contributed by atoms with van der Waals surface area (Å²) >= 11 is 0. The maximum atomic E-state index is 9.16. The van der Waals surface area contributed by atoms with Crippen LogP contribution in [0.2, 0.25) is 0 Å². The van der Waals surface area contributed by atoms with Crippen molar-refractivity contribution in [3.8, 4) is 0 Å². The van der Waals surface area contributed by atoms with Crippen LogP contribution in [0.25, 0.3) is 0 Å². The molecule has 0 atom stereocenters. The van der Waals surface area contributed by atoms with E-state index in [9.17, 15) is 0 Å². The zero-order valence-corrected chi connectivity index (χ0v) is 8.04. The van der Waals surface area contributed by atoms with E-state index in [0.29, 0.717) is 13.2 Å². The van der Waals surface area contributed by atoms with E-state index in [0.717, 1.165) is 0 Å². The average molecular weight is 183 g/mol. The van der Waals surface area contributed by atoms with Gasteiger partial charge in [0, 0.05) is 0 Å². The average Bonchev–Trinajstić information content (AvgIpc) is 1.85. The first-order valence-corrected chi connectivity index (χ1v) is 5.78. The summed E-state index contributed by atoms with van der Waals surface area (Å²) in [4.78, 5) is 18.3. The summed E-state index contributed by atoms with van der Waals surface area (Å²) in [5.41, 5.74) is 0. The summed E-state index contributed by atoms with van der Waals surface area (Å²) < 4.78 is 9.95. The molecule has 0 amide bonds. The van der Waals surface area contributed by atoms with Crippen LogP contribution < -0.4 is 0 Å². The van der Waals surface area contributed by atoms with Gasteiger partial charge < -0.3 is 9.47 Å². The van der Waals surface area contributed by atoms with Gasteiger partial charge in [-0.3, -0.25) is 0 Å². The lowest BCUT2D eigenvalue weighted by atomic mass is 10.9. The van der Waals surface area contributed by atoms with Crippen molar-refractivity contribution in [2.45, 2.75) is 19.9 Å².